The Morgan fingerprint density at radius 1 is 1.04 bits per heavy atom. The van der Waals surface area contributed by atoms with Crippen LogP contribution >= 0.6 is 23.1 Å². The van der Waals surface area contributed by atoms with E-state index < -0.39 is 17.5 Å². The van der Waals surface area contributed by atoms with E-state index in [9.17, 15) is 18.0 Å². The first kappa shape index (κ1) is 18.5. The third-order valence-electron chi connectivity index (χ3n) is 3.38. The summed E-state index contributed by atoms with van der Waals surface area (Å²) >= 11 is 2.83. The molecule has 1 aromatic heterocycles. The van der Waals surface area contributed by atoms with Crippen molar-refractivity contribution in [2.24, 2.45) is 0 Å². The van der Waals surface area contributed by atoms with Gasteiger partial charge in [0.2, 0.25) is 0 Å². The number of amides is 1. The monoisotopic (exact) mass is 394 g/mol. The number of benzene rings is 2. The molecule has 0 atom stereocenters. The molecule has 1 heterocycles. The second-order valence-corrected chi connectivity index (χ2v) is 7.19. The zero-order valence-corrected chi connectivity index (χ0v) is 15.0. The Morgan fingerprint density at radius 2 is 1.77 bits per heavy atom. The minimum Gasteiger partial charge on any atom is -0.298 e. The Kier molecular flexibility index (Phi) is 5.95. The van der Waals surface area contributed by atoms with Crippen LogP contribution in [0.25, 0.3) is 0 Å². The van der Waals surface area contributed by atoms with Crippen LogP contribution in [0.15, 0.2) is 47.8 Å². The number of rotatable bonds is 6. The molecular weight excluding hydrogens is 381 g/mol. The van der Waals surface area contributed by atoms with E-state index in [-0.39, 0.29) is 11.4 Å². The zero-order valence-electron chi connectivity index (χ0n) is 13.3. The van der Waals surface area contributed by atoms with Gasteiger partial charge in [-0.1, -0.05) is 12.1 Å². The van der Waals surface area contributed by atoms with E-state index in [4.69, 9.17) is 0 Å². The minimum absolute atomic E-state index is 0.242. The van der Waals surface area contributed by atoms with Crippen molar-refractivity contribution in [1.29, 1.82) is 0 Å². The fourth-order valence-electron chi connectivity index (χ4n) is 2.12. The van der Waals surface area contributed by atoms with Gasteiger partial charge in [0, 0.05) is 23.0 Å². The highest BCUT2D eigenvalue weighted by Gasteiger charge is 2.14. The van der Waals surface area contributed by atoms with E-state index >= 15 is 0 Å². The summed E-state index contributed by atoms with van der Waals surface area (Å²) in [7, 11) is 0. The second kappa shape index (κ2) is 8.37. The number of aromatic nitrogens is 1. The fourth-order valence-corrected chi connectivity index (χ4v) is 3.82. The largest absolute Gasteiger partial charge is 0.298 e. The van der Waals surface area contributed by atoms with E-state index in [0.29, 0.717) is 22.7 Å². The van der Waals surface area contributed by atoms with Gasteiger partial charge >= 0.3 is 0 Å². The van der Waals surface area contributed by atoms with Crippen molar-refractivity contribution in [2.75, 3.05) is 5.32 Å². The molecule has 2 aromatic carbocycles. The molecule has 1 amide bonds. The normalized spacial score (nSPS) is 10.7. The molecule has 134 valence electrons. The van der Waals surface area contributed by atoms with Crippen molar-refractivity contribution in [2.45, 2.75) is 11.5 Å². The van der Waals surface area contributed by atoms with E-state index in [0.717, 1.165) is 23.4 Å². The number of nitrogens with zero attached hydrogens (tertiary/aromatic N) is 1. The van der Waals surface area contributed by atoms with E-state index in [1.165, 1.54) is 23.5 Å². The third kappa shape index (κ3) is 4.86. The van der Waals surface area contributed by atoms with Crippen LogP contribution in [0.2, 0.25) is 0 Å². The molecule has 8 heteroatoms. The first-order valence-electron chi connectivity index (χ1n) is 7.54. The maximum atomic E-state index is 13.6. The standard InChI is InChI=1S/C18H13F3N2OS2/c19-12-3-1-11(2-4-12)8-25-9-14-10-26-18(22-14)23-17(24)15-6-5-13(20)7-16(15)21/h1-7,10H,8-9H2,(H,22,23,24). The van der Waals surface area contributed by atoms with Gasteiger partial charge in [0.05, 0.1) is 11.3 Å². The highest BCUT2D eigenvalue weighted by Crippen LogP contribution is 2.23. The average molecular weight is 394 g/mol. The molecule has 0 fully saturated rings. The number of carbonyl (C=O) groups is 1. The molecule has 0 bridgehead atoms. The summed E-state index contributed by atoms with van der Waals surface area (Å²) in [6, 6.07) is 9.07. The van der Waals surface area contributed by atoms with Crippen molar-refractivity contribution in [3.8, 4) is 0 Å². The summed E-state index contributed by atoms with van der Waals surface area (Å²) in [5.41, 5.74) is 1.54. The number of anilines is 1. The molecule has 0 aliphatic heterocycles. The number of thiazole rings is 1. The molecule has 0 unspecified atom stereocenters. The Balaban J connectivity index is 1.54. The quantitative estimate of drug-likeness (QED) is 0.621. The van der Waals surface area contributed by atoms with Gasteiger partial charge in [-0.25, -0.2) is 18.2 Å². The van der Waals surface area contributed by atoms with Crippen molar-refractivity contribution in [3.63, 3.8) is 0 Å². The van der Waals surface area contributed by atoms with Gasteiger partial charge in [-0.2, -0.15) is 11.8 Å². The average Bonchev–Trinajstić information content (AvgIpc) is 3.04. The molecule has 0 spiro atoms. The highest BCUT2D eigenvalue weighted by atomic mass is 32.2. The number of hydrogen-bond donors (Lipinski definition) is 1. The first-order chi connectivity index (χ1) is 12.5. The molecule has 3 aromatic rings. The molecule has 0 radical (unpaired) electrons. The van der Waals surface area contributed by atoms with Crippen LogP contribution in [-0.2, 0) is 11.5 Å². The highest BCUT2D eigenvalue weighted by molar-refractivity contribution is 7.97. The summed E-state index contributed by atoms with van der Waals surface area (Å²) in [5.74, 6) is -1.28. The summed E-state index contributed by atoms with van der Waals surface area (Å²) in [4.78, 5) is 16.3. The van der Waals surface area contributed by atoms with Gasteiger partial charge in [0.15, 0.2) is 5.13 Å². The number of hydrogen-bond acceptors (Lipinski definition) is 4. The molecule has 0 saturated carbocycles. The van der Waals surface area contributed by atoms with Crippen LogP contribution in [0, 0.1) is 17.5 Å². The molecule has 0 aliphatic carbocycles. The Morgan fingerprint density at radius 3 is 2.50 bits per heavy atom. The van der Waals surface area contributed by atoms with Gasteiger partial charge in [-0.15, -0.1) is 11.3 Å². The lowest BCUT2D eigenvalue weighted by Crippen LogP contribution is -2.13. The third-order valence-corrected chi connectivity index (χ3v) is 5.22. The Labute approximate surface area is 156 Å². The van der Waals surface area contributed by atoms with Crippen molar-refractivity contribution in [3.05, 3.63) is 82.1 Å². The van der Waals surface area contributed by atoms with Gasteiger partial charge in [-0.05, 0) is 29.8 Å². The fraction of sp³-hybridized carbons (Fsp3) is 0.111. The van der Waals surface area contributed by atoms with Crippen LogP contribution in [0.4, 0.5) is 18.3 Å². The molecular formula is C18H13F3N2OS2. The smallest absolute Gasteiger partial charge is 0.260 e. The van der Waals surface area contributed by atoms with Crippen LogP contribution < -0.4 is 5.32 Å². The number of thioether (sulfide) groups is 1. The van der Waals surface area contributed by atoms with E-state index in [2.05, 4.69) is 10.3 Å². The first-order valence-corrected chi connectivity index (χ1v) is 9.57. The van der Waals surface area contributed by atoms with Gasteiger partial charge < -0.3 is 0 Å². The predicted octanol–water partition coefficient (Wildman–Crippen LogP) is 5.25. The Bertz CT molecular complexity index is 913. The van der Waals surface area contributed by atoms with Crippen LogP contribution in [0.1, 0.15) is 21.6 Å². The minimum atomic E-state index is -0.922. The summed E-state index contributed by atoms with van der Waals surface area (Å²) in [6.07, 6.45) is 0. The topological polar surface area (TPSA) is 42.0 Å². The Hall–Kier alpha value is -2.32. The van der Waals surface area contributed by atoms with Crippen LogP contribution in [0.5, 0.6) is 0 Å². The maximum Gasteiger partial charge on any atom is 0.260 e. The second-order valence-electron chi connectivity index (χ2n) is 5.34. The van der Waals surface area contributed by atoms with E-state index in [1.807, 2.05) is 0 Å². The number of halogens is 3. The van der Waals surface area contributed by atoms with Crippen LogP contribution in [0.3, 0.4) is 0 Å². The molecule has 0 aliphatic rings. The SMILES string of the molecule is O=C(Nc1nc(CSCc2ccc(F)cc2)cs1)c1ccc(F)cc1F. The van der Waals surface area contributed by atoms with Crippen LogP contribution in [-0.4, -0.2) is 10.9 Å². The molecule has 3 rings (SSSR count). The maximum absolute atomic E-state index is 13.6. The lowest BCUT2D eigenvalue weighted by atomic mass is 10.2. The summed E-state index contributed by atoms with van der Waals surface area (Å²) < 4.78 is 39.4. The molecule has 26 heavy (non-hydrogen) atoms. The van der Waals surface area contributed by atoms with E-state index in [1.54, 1.807) is 29.3 Å². The summed E-state index contributed by atoms with van der Waals surface area (Å²) in [6.45, 7) is 0. The van der Waals surface area contributed by atoms with Crippen molar-refractivity contribution >= 4 is 34.1 Å². The predicted molar refractivity (Wildman–Crippen MR) is 97.8 cm³/mol. The van der Waals surface area contributed by atoms with Gasteiger partial charge in [-0.3, -0.25) is 10.1 Å². The lowest BCUT2D eigenvalue weighted by Gasteiger charge is -2.03. The molecule has 0 saturated heterocycles. The summed E-state index contributed by atoms with van der Waals surface area (Å²) in [5, 5.41) is 4.65. The number of nitrogens with one attached hydrogen (secondary N) is 1. The lowest BCUT2D eigenvalue weighted by molar-refractivity contribution is 0.102. The van der Waals surface area contributed by atoms with Gasteiger partial charge in [0.1, 0.15) is 17.5 Å². The molecule has 3 nitrogen and oxygen atoms in total. The van der Waals surface area contributed by atoms with Gasteiger partial charge in [0.25, 0.3) is 5.91 Å². The zero-order chi connectivity index (χ0) is 18.5. The molecule has 1 N–H and O–H groups in total. The van der Waals surface area contributed by atoms with Crippen molar-refractivity contribution < 1.29 is 18.0 Å². The van der Waals surface area contributed by atoms with Crippen molar-refractivity contribution in [1.82, 2.24) is 4.98 Å². The number of carbonyl (C=O) groups excluding carboxylic acids is 1.